The number of aryl methyl sites for hydroxylation is 1. The number of imide groups is 1. The van der Waals surface area contributed by atoms with Gasteiger partial charge in [-0.2, -0.15) is 0 Å². The maximum absolute atomic E-state index is 12.2. The second-order valence-electron chi connectivity index (χ2n) is 6.59. The number of amides is 3. The highest BCUT2D eigenvalue weighted by Gasteiger charge is 2.54. The molecule has 1 saturated carbocycles. The SMILES string of the molecule is Cc1ccc2ncnc(NCC3CCCC34NC(=O)NC4=O)c2c1. The lowest BCUT2D eigenvalue weighted by Crippen LogP contribution is -2.51. The Bertz CT molecular complexity index is 837. The number of fused-ring (bicyclic) bond motifs is 1. The molecule has 2 fully saturated rings. The summed E-state index contributed by atoms with van der Waals surface area (Å²) in [5.41, 5.74) is 1.24. The molecule has 1 aromatic heterocycles. The van der Waals surface area contributed by atoms with Gasteiger partial charge in [0.2, 0.25) is 0 Å². The van der Waals surface area contributed by atoms with Crippen LogP contribution in [0.15, 0.2) is 24.5 Å². The zero-order valence-electron chi connectivity index (χ0n) is 13.4. The van der Waals surface area contributed by atoms with Crippen LogP contribution in [-0.4, -0.2) is 34.0 Å². The lowest BCUT2D eigenvalue weighted by atomic mass is 9.87. The van der Waals surface area contributed by atoms with Gasteiger partial charge in [0.25, 0.3) is 5.91 Å². The third kappa shape index (κ3) is 2.28. The molecule has 7 nitrogen and oxygen atoms in total. The number of aromatic nitrogens is 2. The Kier molecular flexibility index (Phi) is 3.37. The Morgan fingerprint density at radius 3 is 3.00 bits per heavy atom. The van der Waals surface area contributed by atoms with Crippen LogP contribution >= 0.6 is 0 Å². The number of benzene rings is 1. The van der Waals surface area contributed by atoms with Gasteiger partial charge in [-0.05, 0) is 31.9 Å². The highest BCUT2D eigenvalue weighted by atomic mass is 16.2. The second-order valence-corrected chi connectivity index (χ2v) is 6.59. The maximum atomic E-state index is 12.2. The minimum Gasteiger partial charge on any atom is -0.369 e. The average Bonchev–Trinajstić information content (AvgIpc) is 3.09. The number of carbonyl (C=O) groups excluding carboxylic acids is 2. The highest BCUT2D eigenvalue weighted by Crippen LogP contribution is 2.38. The van der Waals surface area contributed by atoms with Crippen LogP contribution in [0.25, 0.3) is 10.9 Å². The smallest absolute Gasteiger partial charge is 0.322 e. The molecule has 24 heavy (non-hydrogen) atoms. The summed E-state index contributed by atoms with van der Waals surface area (Å²) >= 11 is 0. The summed E-state index contributed by atoms with van der Waals surface area (Å²) in [5.74, 6) is 0.592. The zero-order chi connectivity index (χ0) is 16.7. The van der Waals surface area contributed by atoms with E-state index in [1.807, 2.05) is 25.1 Å². The lowest BCUT2D eigenvalue weighted by Gasteiger charge is -2.28. The van der Waals surface area contributed by atoms with E-state index >= 15 is 0 Å². The fourth-order valence-corrected chi connectivity index (χ4v) is 3.85. The zero-order valence-corrected chi connectivity index (χ0v) is 13.4. The van der Waals surface area contributed by atoms with Crippen molar-refractivity contribution in [1.29, 1.82) is 0 Å². The first kappa shape index (κ1) is 14.9. The molecule has 2 heterocycles. The Hall–Kier alpha value is -2.70. The quantitative estimate of drug-likeness (QED) is 0.747. The number of nitrogens with one attached hydrogen (secondary N) is 3. The third-order valence-electron chi connectivity index (χ3n) is 5.10. The predicted octanol–water partition coefficient (Wildman–Crippen LogP) is 1.73. The minimum atomic E-state index is -0.775. The summed E-state index contributed by atoms with van der Waals surface area (Å²) in [6.45, 7) is 2.61. The van der Waals surface area contributed by atoms with Gasteiger partial charge >= 0.3 is 6.03 Å². The lowest BCUT2D eigenvalue weighted by molar-refractivity contribution is -0.125. The van der Waals surface area contributed by atoms with Gasteiger partial charge < -0.3 is 10.6 Å². The first-order valence-corrected chi connectivity index (χ1v) is 8.17. The van der Waals surface area contributed by atoms with Crippen molar-refractivity contribution in [3.05, 3.63) is 30.1 Å². The fourth-order valence-electron chi connectivity index (χ4n) is 3.85. The molecule has 1 aliphatic carbocycles. The predicted molar refractivity (Wildman–Crippen MR) is 89.5 cm³/mol. The van der Waals surface area contributed by atoms with Crippen LogP contribution in [-0.2, 0) is 4.79 Å². The maximum Gasteiger partial charge on any atom is 0.322 e. The van der Waals surface area contributed by atoms with Crippen LogP contribution in [0.5, 0.6) is 0 Å². The van der Waals surface area contributed by atoms with Gasteiger partial charge in [-0.25, -0.2) is 14.8 Å². The molecule has 0 radical (unpaired) electrons. The van der Waals surface area contributed by atoms with Crippen molar-refractivity contribution in [2.75, 3.05) is 11.9 Å². The van der Waals surface area contributed by atoms with Gasteiger partial charge in [0, 0.05) is 17.8 Å². The van der Waals surface area contributed by atoms with E-state index in [4.69, 9.17) is 0 Å². The van der Waals surface area contributed by atoms with Crippen molar-refractivity contribution in [1.82, 2.24) is 20.6 Å². The van der Waals surface area contributed by atoms with Gasteiger partial charge in [-0.15, -0.1) is 0 Å². The molecular formula is C17H19N5O2. The van der Waals surface area contributed by atoms with E-state index in [1.54, 1.807) is 0 Å². The van der Waals surface area contributed by atoms with Crippen molar-refractivity contribution < 1.29 is 9.59 Å². The largest absolute Gasteiger partial charge is 0.369 e. The van der Waals surface area contributed by atoms with Crippen molar-refractivity contribution >= 4 is 28.7 Å². The standard InChI is InChI=1S/C17H19N5O2/c1-10-4-5-13-12(7-10)14(20-9-19-13)18-8-11-3-2-6-17(11)15(23)21-16(24)22-17/h4-5,7,9,11H,2-3,6,8H2,1H3,(H,18,19,20)(H2,21,22,23,24). The number of anilines is 1. The number of nitrogens with zero attached hydrogens (tertiary/aromatic N) is 2. The number of hydrogen-bond acceptors (Lipinski definition) is 5. The van der Waals surface area contributed by atoms with E-state index in [2.05, 4.69) is 25.9 Å². The van der Waals surface area contributed by atoms with Crippen LogP contribution in [0.2, 0.25) is 0 Å². The number of urea groups is 1. The summed E-state index contributed by atoms with van der Waals surface area (Å²) in [5, 5.41) is 9.54. The molecule has 2 aromatic rings. The summed E-state index contributed by atoms with van der Waals surface area (Å²) in [4.78, 5) is 32.4. The van der Waals surface area contributed by atoms with Crippen LogP contribution in [0.1, 0.15) is 24.8 Å². The van der Waals surface area contributed by atoms with Crippen molar-refractivity contribution in [3.8, 4) is 0 Å². The molecule has 1 spiro atoms. The topological polar surface area (TPSA) is 96.0 Å². The molecule has 1 saturated heterocycles. The van der Waals surface area contributed by atoms with Gasteiger partial charge in [0.05, 0.1) is 5.52 Å². The fraction of sp³-hybridized carbons (Fsp3) is 0.412. The Labute approximate surface area is 139 Å². The number of rotatable bonds is 3. The van der Waals surface area contributed by atoms with E-state index in [0.29, 0.717) is 13.0 Å². The van der Waals surface area contributed by atoms with E-state index in [0.717, 1.165) is 35.1 Å². The Morgan fingerprint density at radius 2 is 2.21 bits per heavy atom. The molecule has 7 heteroatoms. The molecule has 1 aliphatic heterocycles. The van der Waals surface area contributed by atoms with Gasteiger partial charge in [0.1, 0.15) is 17.7 Å². The van der Waals surface area contributed by atoms with Crippen molar-refractivity contribution in [2.45, 2.75) is 31.7 Å². The summed E-state index contributed by atoms with van der Waals surface area (Å²) in [6, 6.07) is 5.64. The molecule has 4 rings (SSSR count). The molecule has 3 amide bonds. The minimum absolute atomic E-state index is 0.0405. The van der Waals surface area contributed by atoms with E-state index in [9.17, 15) is 9.59 Å². The molecule has 3 N–H and O–H groups in total. The average molecular weight is 325 g/mol. The van der Waals surface area contributed by atoms with Crippen molar-refractivity contribution in [2.24, 2.45) is 5.92 Å². The van der Waals surface area contributed by atoms with Crippen LogP contribution in [0.3, 0.4) is 0 Å². The number of carbonyl (C=O) groups is 2. The number of hydrogen-bond donors (Lipinski definition) is 3. The summed E-state index contributed by atoms with van der Waals surface area (Å²) in [6.07, 6.45) is 4.03. The second kappa shape index (κ2) is 5.43. The Morgan fingerprint density at radius 1 is 1.33 bits per heavy atom. The summed E-state index contributed by atoms with van der Waals surface area (Å²) < 4.78 is 0. The third-order valence-corrected chi connectivity index (χ3v) is 5.10. The monoisotopic (exact) mass is 325 g/mol. The van der Waals surface area contributed by atoms with Gasteiger partial charge in [-0.3, -0.25) is 10.1 Å². The molecule has 1 aromatic carbocycles. The molecule has 2 atom stereocenters. The van der Waals surface area contributed by atoms with Crippen LogP contribution in [0.4, 0.5) is 10.6 Å². The first-order valence-electron chi connectivity index (χ1n) is 8.17. The molecular weight excluding hydrogens is 306 g/mol. The normalized spacial score (nSPS) is 26.0. The van der Waals surface area contributed by atoms with Crippen molar-refractivity contribution in [3.63, 3.8) is 0 Å². The van der Waals surface area contributed by atoms with E-state index in [1.165, 1.54) is 6.33 Å². The Balaban J connectivity index is 1.58. The van der Waals surface area contributed by atoms with Crippen LogP contribution in [0, 0.1) is 12.8 Å². The first-order chi connectivity index (χ1) is 11.6. The van der Waals surface area contributed by atoms with E-state index in [-0.39, 0.29) is 11.8 Å². The molecule has 124 valence electrons. The van der Waals surface area contributed by atoms with Gasteiger partial charge in [-0.1, -0.05) is 18.1 Å². The van der Waals surface area contributed by atoms with Gasteiger partial charge in [0.15, 0.2) is 0 Å². The highest BCUT2D eigenvalue weighted by molar-refractivity contribution is 6.07. The van der Waals surface area contributed by atoms with E-state index < -0.39 is 11.6 Å². The summed E-state index contributed by atoms with van der Waals surface area (Å²) in [7, 11) is 0. The van der Waals surface area contributed by atoms with Crippen LogP contribution < -0.4 is 16.0 Å². The molecule has 0 bridgehead atoms. The molecule has 2 aliphatic rings. The molecule has 2 unspecified atom stereocenters.